The Morgan fingerprint density at radius 3 is 2.27 bits per heavy atom. The number of pyridine rings is 1. The van der Waals surface area contributed by atoms with Crippen LogP contribution in [0.5, 0.6) is 5.88 Å². The molecule has 2 aromatic rings. The fraction of sp³-hybridized carbons (Fsp3) is 0.478. The smallest absolute Gasteiger partial charge is 0.422 e. The van der Waals surface area contributed by atoms with Crippen LogP contribution in [0.1, 0.15) is 36.0 Å². The van der Waals surface area contributed by atoms with Gasteiger partial charge < -0.3 is 15.4 Å². The Morgan fingerprint density at radius 2 is 1.64 bits per heavy atom. The van der Waals surface area contributed by atoms with Gasteiger partial charge in [-0.2, -0.15) is 13.2 Å². The van der Waals surface area contributed by atoms with E-state index >= 15 is 0 Å². The standard InChI is InChI=1S/C23H30F3N5O.HI/c1-27-22(30-15-20-9-10-28-21(13-20)32-17-23(24,25)26)29-14-18-5-7-19(8-6-18)16-31-11-3-2-4-12-31;/h5-10,13H,2-4,11-12,14-17H2,1H3,(H2,27,29,30);1H. The van der Waals surface area contributed by atoms with Crippen LogP contribution in [0.15, 0.2) is 47.6 Å². The highest BCUT2D eigenvalue weighted by Crippen LogP contribution is 2.17. The normalized spacial score (nSPS) is 15.0. The summed E-state index contributed by atoms with van der Waals surface area (Å²) in [6, 6.07) is 11.8. The van der Waals surface area contributed by atoms with Crippen LogP contribution in [0, 0.1) is 0 Å². The molecule has 2 N–H and O–H groups in total. The molecule has 0 spiro atoms. The third kappa shape index (κ3) is 10.2. The molecular weight excluding hydrogens is 546 g/mol. The molecule has 6 nitrogen and oxygen atoms in total. The van der Waals surface area contributed by atoms with E-state index in [1.54, 1.807) is 13.1 Å². The van der Waals surface area contributed by atoms with Gasteiger partial charge in [-0.3, -0.25) is 9.89 Å². The summed E-state index contributed by atoms with van der Waals surface area (Å²) in [5.41, 5.74) is 3.20. The molecular formula is C23H31F3IN5O. The number of alkyl halides is 3. The van der Waals surface area contributed by atoms with Crippen LogP contribution in [0.2, 0.25) is 0 Å². The lowest BCUT2D eigenvalue weighted by Gasteiger charge is -2.26. The van der Waals surface area contributed by atoms with Gasteiger partial charge in [0.1, 0.15) is 0 Å². The molecule has 1 aromatic carbocycles. The lowest BCUT2D eigenvalue weighted by Crippen LogP contribution is -2.36. The number of likely N-dealkylation sites (tertiary alicyclic amines) is 1. The zero-order valence-electron chi connectivity index (χ0n) is 18.7. The number of hydrogen-bond acceptors (Lipinski definition) is 4. The fourth-order valence-corrected chi connectivity index (χ4v) is 3.53. The van der Waals surface area contributed by atoms with Crippen molar-refractivity contribution in [3.05, 3.63) is 59.3 Å². The minimum absolute atomic E-state index is 0. The number of nitrogens with one attached hydrogen (secondary N) is 2. The fourth-order valence-electron chi connectivity index (χ4n) is 3.53. The van der Waals surface area contributed by atoms with Gasteiger partial charge in [0, 0.05) is 38.9 Å². The Morgan fingerprint density at radius 1 is 1.00 bits per heavy atom. The maximum Gasteiger partial charge on any atom is 0.422 e. The van der Waals surface area contributed by atoms with E-state index in [1.165, 1.54) is 50.2 Å². The van der Waals surface area contributed by atoms with Crippen molar-refractivity contribution in [3.63, 3.8) is 0 Å². The molecule has 1 aromatic heterocycles. The van der Waals surface area contributed by atoms with Crippen LogP contribution in [0.4, 0.5) is 13.2 Å². The zero-order chi connectivity index (χ0) is 22.8. The summed E-state index contributed by atoms with van der Waals surface area (Å²) in [4.78, 5) is 10.5. The Labute approximate surface area is 210 Å². The van der Waals surface area contributed by atoms with E-state index in [9.17, 15) is 13.2 Å². The zero-order valence-corrected chi connectivity index (χ0v) is 21.0. The summed E-state index contributed by atoms with van der Waals surface area (Å²) < 4.78 is 41.6. The Bertz CT molecular complexity index is 871. The van der Waals surface area contributed by atoms with Crippen molar-refractivity contribution >= 4 is 29.9 Å². The maximum atomic E-state index is 12.3. The number of aliphatic imine (C=N–C) groups is 1. The number of nitrogens with zero attached hydrogens (tertiary/aromatic N) is 3. The molecule has 0 bridgehead atoms. The minimum atomic E-state index is -4.40. The lowest BCUT2D eigenvalue weighted by molar-refractivity contribution is -0.154. The van der Waals surface area contributed by atoms with Crippen molar-refractivity contribution in [2.45, 2.75) is 45.1 Å². The molecule has 0 aliphatic carbocycles. The van der Waals surface area contributed by atoms with Crippen LogP contribution < -0.4 is 15.4 Å². The summed E-state index contributed by atoms with van der Waals surface area (Å²) in [5, 5.41) is 6.40. The van der Waals surface area contributed by atoms with E-state index in [2.05, 4.69) is 49.8 Å². The molecule has 0 amide bonds. The molecule has 3 rings (SSSR count). The molecule has 1 aliphatic rings. The number of piperidine rings is 1. The van der Waals surface area contributed by atoms with E-state index in [0.29, 0.717) is 19.0 Å². The molecule has 33 heavy (non-hydrogen) atoms. The van der Waals surface area contributed by atoms with Crippen LogP contribution in [-0.2, 0) is 19.6 Å². The van der Waals surface area contributed by atoms with Gasteiger partial charge in [-0.25, -0.2) is 4.98 Å². The van der Waals surface area contributed by atoms with Gasteiger partial charge in [-0.1, -0.05) is 30.7 Å². The topological polar surface area (TPSA) is 61.8 Å². The predicted octanol–water partition coefficient (Wildman–Crippen LogP) is 4.49. The predicted molar refractivity (Wildman–Crippen MR) is 134 cm³/mol. The highest BCUT2D eigenvalue weighted by atomic mass is 127. The van der Waals surface area contributed by atoms with Gasteiger partial charge in [0.2, 0.25) is 5.88 Å². The first-order valence-electron chi connectivity index (χ1n) is 10.8. The number of rotatable bonds is 8. The average molecular weight is 577 g/mol. The van der Waals surface area contributed by atoms with Gasteiger partial charge in [-0.05, 0) is 48.7 Å². The summed E-state index contributed by atoms with van der Waals surface area (Å²) in [6.07, 6.45) is 0.938. The Hall–Kier alpha value is -2.08. The summed E-state index contributed by atoms with van der Waals surface area (Å²) in [5.74, 6) is 0.533. The summed E-state index contributed by atoms with van der Waals surface area (Å²) in [6.45, 7) is 2.98. The average Bonchev–Trinajstić information content (AvgIpc) is 2.79. The number of ether oxygens (including phenoxy) is 1. The molecule has 1 saturated heterocycles. The molecule has 182 valence electrons. The molecule has 0 saturated carbocycles. The Kier molecular flexibility index (Phi) is 11.2. The van der Waals surface area contributed by atoms with Crippen molar-refractivity contribution in [2.75, 3.05) is 26.7 Å². The van der Waals surface area contributed by atoms with E-state index in [1.807, 2.05) is 0 Å². The Balaban J connectivity index is 0.00000385. The highest BCUT2D eigenvalue weighted by Gasteiger charge is 2.28. The summed E-state index contributed by atoms with van der Waals surface area (Å²) >= 11 is 0. The van der Waals surface area contributed by atoms with Crippen molar-refractivity contribution < 1.29 is 17.9 Å². The molecule has 10 heteroatoms. The lowest BCUT2D eigenvalue weighted by atomic mass is 10.1. The highest BCUT2D eigenvalue weighted by molar-refractivity contribution is 14.0. The second-order valence-corrected chi connectivity index (χ2v) is 7.84. The number of guanidine groups is 1. The monoisotopic (exact) mass is 577 g/mol. The molecule has 1 fully saturated rings. The number of aromatic nitrogens is 1. The maximum absolute atomic E-state index is 12.3. The second-order valence-electron chi connectivity index (χ2n) is 7.84. The summed E-state index contributed by atoms with van der Waals surface area (Å²) in [7, 11) is 1.67. The third-order valence-corrected chi connectivity index (χ3v) is 5.20. The third-order valence-electron chi connectivity index (χ3n) is 5.20. The molecule has 0 atom stereocenters. The van der Waals surface area contributed by atoms with E-state index in [4.69, 9.17) is 4.74 Å². The van der Waals surface area contributed by atoms with E-state index < -0.39 is 12.8 Å². The van der Waals surface area contributed by atoms with Gasteiger partial charge >= 0.3 is 6.18 Å². The molecule has 2 heterocycles. The van der Waals surface area contributed by atoms with Gasteiger partial charge in [0.05, 0.1) is 0 Å². The number of hydrogen-bond donors (Lipinski definition) is 2. The first kappa shape index (κ1) is 27.2. The largest absolute Gasteiger partial charge is 0.468 e. The quantitative estimate of drug-likeness (QED) is 0.275. The van der Waals surface area contributed by atoms with Crippen LogP contribution in [0.25, 0.3) is 0 Å². The number of halogens is 4. The van der Waals surface area contributed by atoms with Crippen LogP contribution >= 0.6 is 24.0 Å². The van der Waals surface area contributed by atoms with Crippen LogP contribution in [-0.4, -0.2) is 48.8 Å². The SMILES string of the molecule is CN=C(NCc1ccc(CN2CCCCC2)cc1)NCc1ccnc(OCC(F)(F)F)c1.I. The van der Waals surface area contributed by atoms with Crippen molar-refractivity contribution in [3.8, 4) is 5.88 Å². The molecule has 0 radical (unpaired) electrons. The second kappa shape index (κ2) is 13.6. The van der Waals surface area contributed by atoms with Crippen molar-refractivity contribution in [2.24, 2.45) is 4.99 Å². The van der Waals surface area contributed by atoms with Crippen molar-refractivity contribution in [1.29, 1.82) is 0 Å². The van der Waals surface area contributed by atoms with Gasteiger partial charge in [-0.15, -0.1) is 24.0 Å². The van der Waals surface area contributed by atoms with Crippen LogP contribution in [0.3, 0.4) is 0 Å². The molecule has 0 unspecified atom stereocenters. The van der Waals surface area contributed by atoms with Gasteiger partial charge in [0.25, 0.3) is 0 Å². The van der Waals surface area contributed by atoms with E-state index in [-0.39, 0.29) is 29.9 Å². The minimum Gasteiger partial charge on any atom is -0.468 e. The first-order chi connectivity index (χ1) is 15.4. The molecule has 1 aliphatic heterocycles. The van der Waals surface area contributed by atoms with Crippen molar-refractivity contribution in [1.82, 2.24) is 20.5 Å². The number of benzene rings is 1. The van der Waals surface area contributed by atoms with Gasteiger partial charge in [0.15, 0.2) is 12.6 Å². The first-order valence-corrected chi connectivity index (χ1v) is 10.8. The van der Waals surface area contributed by atoms with E-state index in [0.717, 1.165) is 17.7 Å².